The molecule has 0 spiro atoms. The van der Waals surface area contributed by atoms with E-state index in [9.17, 15) is 13.2 Å². The molecule has 0 bridgehead atoms. The van der Waals surface area contributed by atoms with Crippen LogP contribution in [0.2, 0.25) is 0 Å². The summed E-state index contributed by atoms with van der Waals surface area (Å²) in [5.41, 5.74) is -3.67. The summed E-state index contributed by atoms with van der Waals surface area (Å²) in [6.45, 7) is 4.16. The van der Waals surface area contributed by atoms with Crippen LogP contribution in [0.4, 0.5) is 18.9 Å². The number of benzene rings is 1. The first-order valence-corrected chi connectivity index (χ1v) is 7.39. The third kappa shape index (κ3) is 6.23. The van der Waals surface area contributed by atoms with Gasteiger partial charge in [-0.1, -0.05) is 38.8 Å². The quantitative estimate of drug-likeness (QED) is 0.649. The van der Waals surface area contributed by atoms with E-state index in [1.165, 1.54) is 6.07 Å². The summed E-state index contributed by atoms with van der Waals surface area (Å²) in [5.74, 6) is 0. The van der Waals surface area contributed by atoms with Gasteiger partial charge in [0.25, 0.3) is 0 Å². The van der Waals surface area contributed by atoms with Gasteiger partial charge >= 0.3 is 5.51 Å². The molecule has 1 nitrogen and oxygen atoms in total. The Kier molecular flexibility index (Phi) is 6.55. The number of nitrogens with one attached hydrogen (secondary N) is 1. The summed E-state index contributed by atoms with van der Waals surface area (Å²) in [5, 5.41) is 3.23. The predicted molar refractivity (Wildman–Crippen MR) is 75.6 cm³/mol. The van der Waals surface area contributed by atoms with E-state index in [0.717, 1.165) is 25.7 Å². The topological polar surface area (TPSA) is 12.0 Å². The van der Waals surface area contributed by atoms with Gasteiger partial charge in [-0.15, -0.1) is 0 Å². The minimum atomic E-state index is -4.25. The van der Waals surface area contributed by atoms with Gasteiger partial charge in [-0.25, -0.2) is 0 Å². The number of anilines is 1. The highest BCUT2D eigenvalue weighted by Gasteiger charge is 2.30. The molecule has 0 aliphatic heterocycles. The van der Waals surface area contributed by atoms with Gasteiger partial charge in [-0.3, -0.25) is 0 Å². The summed E-state index contributed by atoms with van der Waals surface area (Å²) < 4.78 is 37.4. The zero-order valence-corrected chi connectivity index (χ0v) is 12.1. The number of halogens is 3. The Morgan fingerprint density at radius 2 is 1.89 bits per heavy atom. The SMILES string of the molecule is CCCCC(CC)Nc1ccccc1SC(F)(F)F. The van der Waals surface area contributed by atoms with Gasteiger partial charge in [0.1, 0.15) is 0 Å². The fraction of sp³-hybridized carbons (Fsp3) is 0.571. The molecule has 1 atom stereocenters. The maximum atomic E-state index is 12.5. The monoisotopic (exact) mass is 291 g/mol. The average Bonchev–Trinajstić information content (AvgIpc) is 2.34. The number of hydrogen-bond donors (Lipinski definition) is 1. The van der Waals surface area contributed by atoms with Crippen LogP contribution in [0.25, 0.3) is 0 Å². The lowest BCUT2D eigenvalue weighted by atomic mass is 10.1. The van der Waals surface area contributed by atoms with Crippen molar-refractivity contribution in [1.29, 1.82) is 0 Å². The van der Waals surface area contributed by atoms with E-state index in [2.05, 4.69) is 12.2 Å². The zero-order valence-electron chi connectivity index (χ0n) is 11.3. The lowest BCUT2D eigenvalue weighted by Crippen LogP contribution is -2.19. The molecule has 1 aromatic rings. The highest BCUT2D eigenvalue weighted by molar-refractivity contribution is 8.00. The second-order valence-corrected chi connectivity index (χ2v) is 5.54. The van der Waals surface area contributed by atoms with Crippen LogP contribution in [0.15, 0.2) is 29.2 Å². The fourth-order valence-electron chi connectivity index (χ4n) is 1.85. The molecular formula is C14H20F3NS. The van der Waals surface area contributed by atoms with Gasteiger partial charge in [0.2, 0.25) is 0 Å². The second-order valence-electron chi connectivity index (χ2n) is 4.44. The Hall–Kier alpha value is -0.840. The van der Waals surface area contributed by atoms with Gasteiger partial charge in [-0.05, 0) is 36.7 Å². The molecule has 0 aromatic heterocycles. The number of alkyl halides is 3. The van der Waals surface area contributed by atoms with Crippen molar-refractivity contribution in [2.45, 2.75) is 56.0 Å². The van der Waals surface area contributed by atoms with Crippen LogP contribution in [-0.4, -0.2) is 11.6 Å². The van der Waals surface area contributed by atoms with E-state index < -0.39 is 5.51 Å². The lowest BCUT2D eigenvalue weighted by molar-refractivity contribution is -0.0327. The Labute approximate surface area is 117 Å². The number of thioether (sulfide) groups is 1. The van der Waals surface area contributed by atoms with Crippen LogP contribution < -0.4 is 5.32 Å². The molecule has 1 aromatic carbocycles. The van der Waals surface area contributed by atoms with Crippen LogP contribution in [0.1, 0.15) is 39.5 Å². The van der Waals surface area contributed by atoms with E-state index in [-0.39, 0.29) is 22.7 Å². The van der Waals surface area contributed by atoms with E-state index >= 15 is 0 Å². The number of unbranched alkanes of at least 4 members (excludes halogenated alkanes) is 1. The molecule has 1 rings (SSSR count). The molecular weight excluding hydrogens is 271 g/mol. The number of hydrogen-bond acceptors (Lipinski definition) is 2. The average molecular weight is 291 g/mol. The Morgan fingerprint density at radius 3 is 2.47 bits per heavy atom. The predicted octanol–water partition coefficient (Wildman–Crippen LogP) is 5.68. The van der Waals surface area contributed by atoms with E-state index in [1.54, 1.807) is 18.2 Å². The molecule has 108 valence electrons. The molecule has 19 heavy (non-hydrogen) atoms. The van der Waals surface area contributed by atoms with Crippen molar-refractivity contribution in [3.05, 3.63) is 24.3 Å². The first-order chi connectivity index (χ1) is 8.96. The summed E-state index contributed by atoms with van der Waals surface area (Å²) >= 11 is -0.0588. The maximum absolute atomic E-state index is 12.5. The van der Waals surface area contributed by atoms with E-state index in [0.29, 0.717) is 5.69 Å². The molecule has 0 saturated heterocycles. The smallest absolute Gasteiger partial charge is 0.381 e. The van der Waals surface area contributed by atoms with Crippen molar-refractivity contribution in [2.24, 2.45) is 0 Å². The number of rotatable bonds is 7. The van der Waals surface area contributed by atoms with Crippen LogP contribution in [0.3, 0.4) is 0 Å². The van der Waals surface area contributed by atoms with Gasteiger partial charge in [0, 0.05) is 16.6 Å². The molecule has 0 aliphatic carbocycles. The summed E-state index contributed by atoms with van der Waals surface area (Å²) in [7, 11) is 0. The molecule has 1 unspecified atom stereocenters. The van der Waals surface area contributed by atoms with Crippen molar-refractivity contribution in [3.63, 3.8) is 0 Å². The minimum Gasteiger partial charge on any atom is -0.381 e. The van der Waals surface area contributed by atoms with Crippen molar-refractivity contribution in [2.75, 3.05) is 5.32 Å². The Bertz CT molecular complexity index is 379. The summed E-state index contributed by atoms with van der Waals surface area (Å²) in [6, 6.07) is 6.84. The standard InChI is InChI=1S/C14H20F3NS/c1-3-5-8-11(4-2)18-12-9-6-7-10-13(12)19-14(15,16)17/h6-7,9-11,18H,3-5,8H2,1-2H3. The molecule has 5 heteroatoms. The molecule has 0 saturated carbocycles. The van der Waals surface area contributed by atoms with Crippen molar-refractivity contribution < 1.29 is 13.2 Å². The zero-order chi connectivity index (χ0) is 14.3. The van der Waals surface area contributed by atoms with E-state index in [1.807, 2.05) is 6.92 Å². The highest BCUT2D eigenvalue weighted by atomic mass is 32.2. The van der Waals surface area contributed by atoms with Gasteiger partial charge in [0.05, 0.1) is 0 Å². The highest BCUT2D eigenvalue weighted by Crippen LogP contribution is 2.40. The van der Waals surface area contributed by atoms with Crippen molar-refractivity contribution in [3.8, 4) is 0 Å². The van der Waals surface area contributed by atoms with Gasteiger partial charge in [0.15, 0.2) is 0 Å². The normalized spacial score (nSPS) is 13.3. The molecule has 0 fully saturated rings. The first-order valence-electron chi connectivity index (χ1n) is 6.57. The molecule has 1 N–H and O–H groups in total. The molecule has 0 radical (unpaired) electrons. The lowest BCUT2D eigenvalue weighted by Gasteiger charge is -2.20. The third-order valence-corrected chi connectivity index (χ3v) is 3.68. The largest absolute Gasteiger partial charge is 0.446 e. The summed E-state index contributed by atoms with van der Waals surface area (Å²) in [6.07, 6.45) is 4.07. The van der Waals surface area contributed by atoms with Crippen molar-refractivity contribution in [1.82, 2.24) is 0 Å². The first kappa shape index (κ1) is 16.2. The maximum Gasteiger partial charge on any atom is 0.446 e. The van der Waals surface area contributed by atoms with Crippen molar-refractivity contribution >= 4 is 17.4 Å². The van der Waals surface area contributed by atoms with E-state index in [4.69, 9.17) is 0 Å². The minimum absolute atomic E-state index is 0.0588. The van der Waals surface area contributed by atoms with Crippen LogP contribution in [-0.2, 0) is 0 Å². The fourth-order valence-corrected chi connectivity index (χ4v) is 2.48. The molecule has 0 aliphatic rings. The third-order valence-electron chi connectivity index (χ3n) is 2.87. The van der Waals surface area contributed by atoms with Crippen LogP contribution in [0, 0.1) is 0 Å². The molecule has 0 heterocycles. The molecule has 0 amide bonds. The number of para-hydroxylation sites is 1. The van der Waals surface area contributed by atoms with Crippen LogP contribution in [0.5, 0.6) is 0 Å². The second kappa shape index (κ2) is 7.68. The van der Waals surface area contributed by atoms with Crippen LogP contribution >= 0.6 is 11.8 Å². The van der Waals surface area contributed by atoms with Gasteiger partial charge in [-0.2, -0.15) is 13.2 Å². The Morgan fingerprint density at radius 1 is 1.21 bits per heavy atom. The summed E-state index contributed by atoms with van der Waals surface area (Å²) in [4.78, 5) is 0.241. The Balaban J connectivity index is 2.76. The van der Waals surface area contributed by atoms with Gasteiger partial charge < -0.3 is 5.32 Å².